The summed E-state index contributed by atoms with van der Waals surface area (Å²) in [5.41, 5.74) is 7.35. The Balaban J connectivity index is 2.22. The fourth-order valence-electron chi connectivity index (χ4n) is 1.32. The second-order valence-electron chi connectivity index (χ2n) is 3.55. The van der Waals surface area contributed by atoms with Crippen LogP contribution in [0.25, 0.3) is 0 Å². The summed E-state index contributed by atoms with van der Waals surface area (Å²) in [6.07, 6.45) is 1.64. The molecular weight excluding hydrogens is 282 g/mol. The number of aromatic nitrogens is 2. The predicted molar refractivity (Wildman–Crippen MR) is 68.9 cm³/mol. The lowest BCUT2D eigenvalue weighted by atomic mass is 10.2. The van der Waals surface area contributed by atoms with E-state index < -0.39 is 0 Å². The molecule has 0 aliphatic rings. The lowest BCUT2D eigenvalue weighted by molar-refractivity contribution is 0.439. The van der Waals surface area contributed by atoms with Crippen LogP contribution in [0.3, 0.4) is 0 Å². The molecule has 0 aliphatic carbocycles. The lowest BCUT2D eigenvalue weighted by Crippen LogP contribution is -2.01. The van der Waals surface area contributed by atoms with E-state index in [1.807, 2.05) is 25.1 Å². The van der Waals surface area contributed by atoms with Gasteiger partial charge < -0.3 is 10.5 Å². The van der Waals surface area contributed by atoms with E-state index in [9.17, 15) is 0 Å². The molecule has 0 spiro atoms. The third-order valence-electron chi connectivity index (χ3n) is 2.24. The fourth-order valence-corrected chi connectivity index (χ4v) is 1.57. The maximum Gasteiger partial charge on any atom is 0.322 e. The maximum absolute atomic E-state index is 5.56. The van der Waals surface area contributed by atoms with Crippen molar-refractivity contribution in [1.29, 1.82) is 0 Å². The van der Waals surface area contributed by atoms with Gasteiger partial charge in [0.15, 0.2) is 0 Å². The van der Waals surface area contributed by atoms with Gasteiger partial charge in [-0.25, -0.2) is 4.98 Å². The molecule has 2 rings (SSSR count). The van der Waals surface area contributed by atoms with Crippen LogP contribution < -0.4 is 10.5 Å². The van der Waals surface area contributed by atoms with Crippen molar-refractivity contribution in [2.45, 2.75) is 13.5 Å². The minimum atomic E-state index is 0.315. The number of hydrogen-bond acceptors (Lipinski definition) is 4. The zero-order valence-corrected chi connectivity index (χ0v) is 10.9. The molecule has 88 valence electrons. The van der Waals surface area contributed by atoms with Gasteiger partial charge in [0.25, 0.3) is 0 Å². The van der Waals surface area contributed by atoms with E-state index in [-0.39, 0.29) is 0 Å². The Morgan fingerprint density at radius 1 is 1.35 bits per heavy atom. The Labute approximate surface area is 108 Å². The second-order valence-corrected chi connectivity index (χ2v) is 4.40. The zero-order valence-electron chi connectivity index (χ0n) is 9.35. The number of nitrogens with zero attached hydrogens (tertiary/aromatic N) is 2. The van der Waals surface area contributed by atoms with Crippen LogP contribution in [0.15, 0.2) is 34.9 Å². The van der Waals surface area contributed by atoms with Gasteiger partial charge in [-0.15, -0.1) is 0 Å². The van der Waals surface area contributed by atoms with Gasteiger partial charge >= 0.3 is 6.01 Å². The molecule has 0 saturated carbocycles. The molecule has 0 amide bonds. The Kier molecular flexibility index (Phi) is 3.71. The SMILES string of the molecule is Cc1cc(Oc2nccc(CN)n2)ccc1Br. The van der Waals surface area contributed by atoms with Crippen LogP contribution in [-0.2, 0) is 6.54 Å². The van der Waals surface area contributed by atoms with Crippen molar-refractivity contribution in [3.05, 3.63) is 46.2 Å². The summed E-state index contributed by atoms with van der Waals surface area (Å²) in [5, 5.41) is 0. The number of nitrogens with two attached hydrogens (primary N) is 1. The first-order valence-corrected chi connectivity index (χ1v) is 5.94. The van der Waals surface area contributed by atoms with Crippen LogP contribution in [0.2, 0.25) is 0 Å². The molecule has 0 radical (unpaired) electrons. The average Bonchev–Trinajstić information content (AvgIpc) is 2.34. The molecule has 1 aromatic heterocycles. The van der Waals surface area contributed by atoms with Gasteiger partial charge in [0.2, 0.25) is 0 Å². The van der Waals surface area contributed by atoms with Crippen LogP contribution in [0, 0.1) is 6.92 Å². The molecule has 0 aliphatic heterocycles. The Morgan fingerprint density at radius 2 is 2.18 bits per heavy atom. The first-order chi connectivity index (χ1) is 8.19. The van der Waals surface area contributed by atoms with Crippen LogP contribution in [-0.4, -0.2) is 9.97 Å². The van der Waals surface area contributed by atoms with Gasteiger partial charge in [0, 0.05) is 17.2 Å². The number of rotatable bonds is 3. The molecule has 4 nitrogen and oxygen atoms in total. The van der Waals surface area contributed by atoms with Crippen molar-refractivity contribution in [1.82, 2.24) is 9.97 Å². The van der Waals surface area contributed by atoms with Gasteiger partial charge in [-0.05, 0) is 36.8 Å². The highest BCUT2D eigenvalue weighted by atomic mass is 79.9. The summed E-state index contributed by atoms with van der Waals surface area (Å²) in [7, 11) is 0. The molecule has 17 heavy (non-hydrogen) atoms. The summed E-state index contributed by atoms with van der Waals surface area (Å²) in [5.74, 6) is 0.708. The van der Waals surface area contributed by atoms with Crippen molar-refractivity contribution in [3.8, 4) is 11.8 Å². The highest BCUT2D eigenvalue weighted by Crippen LogP contribution is 2.24. The third-order valence-corrected chi connectivity index (χ3v) is 3.13. The molecule has 0 fully saturated rings. The van der Waals surface area contributed by atoms with E-state index >= 15 is 0 Å². The van der Waals surface area contributed by atoms with Crippen molar-refractivity contribution >= 4 is 15.9 Å². The van der Waals surface area contributed by atoms with Gasteiger partial charge in [-0.2, -0.15) is 4.98 Å². The van der Waals surface area contributed by atoms with E-state index in [1.54, 1.807) is 12.3 Å². The minimum Gasteiger partial charge on any atom is -0.424 e. The Bertz CT molecular complexity index is 531. The summed E-state index contributed by atoms with van der Waals surface area (Å²) >= 11 is 3.43. The smallest absolute Gasteiger partial charge is 0.322 e. The van der Waals surface area contributed by atoms with Crippen LogP contribution in [0.5, 0.6) is 11.8 Å². The van der Waals surface area contributed by atoms with E-state index in [0.717, 1.165) is 15.7 Å². The van der Waals surface area contributed by atoms with Crippen LogP contribution in [0.4, 0.5) is 0 Å². The number of halogens is 1. The molecule has 2 aromatic rings. The van der Waals surface area contributed by atoms with Crippen molar-refractivity contribution in [3.63, 3.8) is 0 Å². The molecule has 0 saturated heterocycles. The van der Waals surface area contributed by atoms with Gasteiger partial charge in [-0.1, -0.05) is 15.9 Å². The summed E-state index contributed by atoms with van der Waals surface area (Å²) < 4.78 is 6.60. The molecule has 5 heteroatoms. The first kappa shape index (κ1) is 12.0. The predicted octanol–water partition coefficient (Wildman–Crippen LogP) is 2.80. The Morgan fingerprint density at radius 3 is 2.88 bits per heavy atom. The van der Waals surface area contributed by atoms with Gasteiger partial charge in [0.05, 0.1) is 5.69 Å². The van der Waals surface area contributed by atoms with Gasteiger partial charge in [0.1, 0.15) is 5.75 Å². The molecule has 2 N–H and O–H groups in total. The fraction of sp³-hybridized carbons (Fsp3) is 0.167. The van der Waals surface area contributed by atoms with E-state index in [4.69, 9.17) is 10.5 Å². The van der Waals surface area contributed by atoms with Crippen molar-refractivity contribution in [2.75, 3.05) is 0 Å². The van der Waals surface area contributed by atoms with Crippen LogP contribution in [0.1, 0.15) is 11.3 Å². The molecule has 0 unspecified atom stereocenters. The summed E-state index contributed by atoms with van der Waals surface area (Å²) in [6.45, 7) is 2.37. The average molecular weight is 294 g/mol. The monoisotopic (exact) mass is 293 g/mol. The summed E-state index contributed by atoms with van der Waals surface area (Å²) in [4.78, 5) is 8.20. The molecule has 0 bridgehead atoms. The van der Waals surface area contributed by atoms with Crippen molar-refractivity contribution in [2.24, 2.45) is 5.73 Å². The number of ether oxygens (including phenoxy) is 1. The highest BCUT2D eigenvalue weighted by molar-refractivity contribution is 9.10. The minimum absolute atomic E-state index is 0.315. The first-order valence-electron chi connectivity index (χ1n) is 5.15. The number of hydrogen-bond donors (Lipinski definition) is 1. The van der Waals surface area contributed by atoms with E-state index in [2.05, 4.69) is 25.9 Å². The standard InChI is InChI=1S/C12H12BrN3O/c1-8-6-10(2-3-11(8)13)17-12-15-5-4-9(7-14)16-12/h2-6H,7,14H2,1H3. The maximum atomic E-state index is 5.56. The lowest BCUT2D eigenvalue weighted by Gasteiger charge is -2.06. The topological polar surface area (TPSA) is 61.0 Å². The quantitative estimate of drug-likeness (QED) is 0.945. The normalized spacial score (nSPS) is 10.3. The third kappa shape index (κ3) is 3.01. The van der Waals surface area contributed by atoms with Crippen molar-refractivity contribution < 1.29 is 4.74 Å². The van der Waals surface area contributed by atoms with Gasteiger partial charge in [-0.3, -0.25) is 0 Å². The summed E-state index contributed by atoms with van der Waals surface area (Å²) in [6, 6.07) is 7.78. The van der Waals surface area contributed by atoms with Crippen LogP contribution >= 0.6 is 15.9 Å². The molecule has 1 heterocycles. The second kappa shape index (κ2) is 5.25. The number of aryl methyl sites for hydroxylation is 1. The Hall–Kier alpha value is -1.46. The van der Waals surface area contributed by atoms with E-state index in [0.29, 0.717) is 18.3 Å². The molecule has 1 aromatic carbocycles. The van der Waals surface area contributed by atoms with E-state index in [1.165, 1.54) is 0 Å². The number of benzene rings is 1. The molecular formula is C12H12BrN3O. The highest BCUT2D eigenvalue weighted by Gasteiger charge is 2.03. The molecule has 0 atom stereocenters. The zero-order chi connectivity index (χ0) is 12.3. The largest absolute Gasteiger partial charge is 0.424 e.